The van der Waals surface area contributed by atoms with Crippen LogP contribution in [0.5, 0.6) is 0 Å². The van der Waals surface area contributed by atoms with Gasteiger partial charge in [-0.05, 0) is 32.7 Å². The molecule has 1 aromatic rings. The van der Waals surface area contributed by atoms with Crippen LogP contribution < -0.4 is 10.9 Å². The summed E-state index contributed by atoms with van der Waals surface area (Å²) in [4.78, 5) is 19.0. The van der Waals surface area contributed by atoms with E-state index in [1.54, 1.807) is 17.8 Å². The van der Waals surface area contributed by atoms with Gasteiger partial charge in [-0.1, -0.05) is 44.4 Å². The van der Waals surface area contributed by atoms with Crippen molar-refractivity contribution in [2.45, 2.75) is 75.2 Å². The highest BCUT2D eigenvalue weighted by Crippen LogP contribution is 2.30. The van der Waals surface area contributed by atoms with Crippen LogP contribution in [-0.4, -0.2) is 27.8 Å². The molecule has 2 unspecified atom stereocenters. The molecular formula is C16H27N3OS. The van der Waals surface area contributed by atoms with E-state index in [0.29, 0.717) is 11.3 Å². The van der Waals surface area contributed by atoms with Crippen LogP contribution in [0.3, 0.4) is 0 Å². The monoisotopic (exact) mass is 309 g/mol. The van der Waals surface area contributed by atoms with Crippen LogP contribution >= 0.6 is 11.8 Å². The molecule has 0 amide bonds. The molecule has 0 saturated heterocycles. The Hall–Kier alpha value is -0.810. The summed E-state index contributed by atoms with van der Waals surface area (Å²) >= 11 is 1.74. The largest absolute Gasteiger partial charge is 0.313 e. The normalized spacial score (nSPS) is 23.5. The Labute approximate surface area is 131 Å². The van der Waals surface area contributed by atoms with Gasteiger partial charge in [-0.25, -0.2) is 4.98 Å². The molecule has 1 aromatic heterocycles. The number of H-pyrrole nitrogens is 1. The summed E-state index contributed by atoms with van der Waals surface area (Å²) in [5, 5.41) is 4.97. The molecule has 2 N–H and O–H groups in total. The molecule has 0 aliphatic heterocycles. The molecule has 1 heterocycles. The zero-order valence-electron chi connectivity index (χ0n) is 13.2. The van der Waals surface area contributed by atoms with Gasteiger partial charge in [-0.3, -0.25) is 4.79 Å². The van der Waals surface area contributed by atoms with Crippen molar-refractivity contribution in [1.82, 2.24) is 15.3 Å². The minimum absolute atomic E-state index is 0.0473. The number of rotatable bonds is 5. The van der Waals surface area contributed by atoms with Crippen molar-refractivity contribution in [3.63, 3.8) is 0 Å². The summed E-state index contributed by atoms with van der Waals surface area (Å²) in [6.45, 7) is 5.15. The second-order valence-corrected chi connectivity index (χ2v) is 7.13. The summed E-state index contributed by atoms with van der Waals surface area (Å²) in [5.74, 6) is 0. The van der Waals surface area contributed by atoms with Gasteiger partial charge in [-0.2, -0.15) is 0 Å². The van der Waals surface area contributed by atoms with Crippen LogP contribution in [-0.2, 0) is 0 Å². The standard InChI is InChI=1S/C16H27N3OS/c1-3-10-17-13-8-6-4-5-7-9-14(13)21-16-18-12(2)11-15(20)19-16/h11,13-14,17H,3-10H2,1-2H3,(H,18,19,20). The number of nitrogens with one attached hydrogen (secondary N) is 2. The smallest absolute Gasteiger partial charge is 0.251 e. The van der Waals surface area contributed by atoms with Crippen molar-refractivity contribution in [2.24, 2.45) is 0 Å². The minimum Gasteiger partial charge on any atom is -0.313 e. The first-order valence-corrected chi connectivity index (χ1v) is 9.05. The maximum atomic E-state index is 11.6. The van der Waals surface area contributed by atoms with Crippen LogP contribution in [0.2, 0.25) is 0 Å². The Bertz CT molecular complexity index is 487. The van der Waals surface area contributed by atoms with Crippen LogP contribution in [0, 0.1) is 6.92 Å². The van der Waals surface area contributed by atoms with Crippen LogP contribution in [0.25, 0.3) is 0 Å². The highest BCUT2D eigenvalue weighted by Gasteiger charge is 2.24. The fourth-order valence-corrected chi connectivity index (χ4v) is 4.23. The molecule has 0 aromatic carbocycles. The van der Waals surface area contributed by atoms with Crippen LogP contribution in [0.4, 0.5) is 0 Å². The third-order valence-electron chi connectivity index (χ3n) is 3.97. The fourth-order valence-electron chi connectivity index (χ4n) is 2.91. The minimum atomic E-state index is -0.0473. The van der Waals surface area contributed by atoms with E-state index in [2.05, 4.69) is 22.2 Å². The molecule has 1 fully saturated rings. The molecule has 0 spiro atoms. The lowest BCUT2D eigenvalue weighted by Gasteiger charge is -2.29. The predicted molar refractivity (Wildman–Crippen MR) is 89.0 cm³/mol. The van der Waals surface area contributed by atoms with Gasteiger partial charge < -0.3 is 10.3 Å². The maximum absolute atomic E-state index is 11.6. The van der Waals surface area contributed by atoms with Crippen molar-refractivity contribution in [3.05, 3.63) is 22.1 Å². The van der Waals surface area contributed by atoms with Gasteiger partial charge in [0.25, 0.3) is 5.56 Å². The Morgan fingerprint density at radius 1 is 1.33 bits per heavy atom. The summed E-state index contributed by atoms with van der Waals surface area (Å²) < 4.78 is 0. The summed E-state index contributed by atoms with van der Waals surface area (Å²) in [5.41, 5.74) is 0.749. The molecule has 0 bridgehead atoms. The van der Waals surface area contributed by atoms with Crippen molar-refractivity contribution in [3.8, 4) is 0 Å². The summed E-state index contributed by atoms with van der Waals surface area (Å²) in [7, 11) is 0. The Kier molecular flexibility index (Phi) is 6.77. The Morgan fingerprint density at radius 3 is 2.81 bits per heavy atom. The zero-order chi connectivity index (χ0) is 15.1. The lowest BCUT2D eigenvalue weighted by molar-refractivity contribution is 0.399. The average Bonchev–Trinajstić information content (AvgIpc) is 2.40. The number of hydrogen-bond acceptors (Lipinski definition) is 4. The van der Waals surface area contributed by atoms with Crippen LogP contribution in [0.1, 0.15) is 57.6 Å². The number of hydrogen-bond donors (Lipinski definition) is 2. The molecule has 1 aliphatic carbocycles. The average molecular weight is 309 g/mol. The van der Waals surface area contributed by atoms with E-state index in [1.807, 2.05) is 6.92 Å². The number of aromatic amines is 1. The van der Waals surface area contributed by atoms with Crippen molar-refractivity contribution in [1.29, 1.82) is 0 Å². The molecule has 0 radical (unpaired) electrons. The molecule has 118 valence electrons. The van der Waals surface area contributed by atoms with Gasteiger partial charge in [0.15, 0.2) is 5.16 Å². The highest BCUT2D eigenvalue weighted by atomic mass is 32.2. The quantitative estimate of drug-likeness (QED) is 0.820. The Balaban J connectivity index is 2.08. The van der Waals surface area contributed by atoms with Crippen LogP contribution in [0.15, 0.2) is 16.0 Å². The van der Waals surface area contributed by atoms with Crippen molar-refractivity contribution in [2.75, 3.05) is 6.54 Å². The van der Waals surface area contributed by atoms with E-state index in [-0.39, 0.29) is 5.56 Å². The van der Waals surface area contributed by atoms with E-state index in [1.165, 1.54) is 38.5 Å². The zero-order valence-corrected chi connectivity index (χ0v) is 14.0. The molecule has 4 nitrogen and oxygen atoms in total. The second kappa shape index (κ2) is 8.59. The van der Waals surface area contributed by atoms with Gasteiger partial charge in [0.2, 0.25) is 0 Å². The lowest BCUT2D eigenvalue weighted by Crippen LogP contribution is -2.39. The molecule has 2 atom stereocenters. The van der Waals surface area contributed by atoms with Crippen molar-refractivity contribution >= 4 is 11.8 Å². The van der Waals surface area contributed by atoms with E-state index >= 15 is 0 Å². The molecule has 21 heavy (non-hydrogen) atoms. The highest BCUT2D eigenvalue weighted by molar-refractivity contribution is 7.99. The first-order valence-electron chi connectivity index (χ1n) is 8.17. The second-order valence-electron chi connectivity index (χ2n) is 5.90. The van der Waals surface area contributed by atoms with Gasteiger partial charge in [0.1, 0.15) is 0 Å². The number of aromatic nitrogens is 2. The third-order valence-corrected chi connectivity index (χ3v) is 5.25. The number of aryl methyl sites for hydroxylation is 1. The maximum Gasteiger partial charge on any atom is 0.251 e. The number of thioether (sulfide) groups is 1. The topological polar surface area (TPSA) is 57.8 Å². The van der Waals surface area contributed by atoms with E-state index in [9.17, 15) is 4.79 Å². The van der Waals surface area contributed by atoms with Gasteiger partial charge in [0, 0.05) is 23.1 Å². The molecule has 2 rings (SSSR count). The first-order chi connectivity index (χ1) is 10.2. The SMILES string of the molecule is CCCNC1CCCCCCC1Sc1nc(C)cc(=O)[nH]1. The lowest BCUT2D eigenvalue weighted by atomic mass is 9.96. The number of nitrogens with zero attached hydrogens (tertiary/aromatic N) is 1. The van der Waals surface area contributed by atoms with Gasteiger partial charge in [-0.15, -0.1) is 0 Å². The summed E-state index contributed by atoms with van der Waals surface area (Å²) in [6, 6.07) is 2.08. The van der Waals surface area contributed by atoms with Gasteiger partial charge in [0.05, 0.1) is 0 Å². The first kappa shape index (κ1) is 16.6. The molecule has 1 saturated carbocycles. The fraction of sp³-hybridized carbons (Fsp3) is 0.750. The molecule has 1 aliphatic rings. The summed E-state index contributed by atoms with van der Waals surface area (Å²) in [6.07, 6.45) is 8.84. The molecule has 5 heteroatoms. The van der Waals surface area contributed by atoms with E-state index < -0.39 is 0 Å². The van der Waals surface area contributed by atoms with Gasteiger partial charge >= 0.3 is 0 Å². The molecular weight excluding hydrogens is 282 g/mol. The van der Waals surface area contributed by atoms with E-state index in [4.69, 9.17) is 0 Å². The third kappa shape index (κ3) is 5.47. The predicted octanol–water partition coefficient (Wildman–Crippen LogP) is 3.26. The Morgan fingerprint density at radius 2 is 2.10 bits per heavy atom. The van der Waals surface area contributed by atoms with E-state index in [0.717, 1.165) is 23.8 Å². The van der Waals surface area contributed by atoms with Crippen molar-refractivity contribution < 1.29 is 0 Å².